The lowest BCUT2D eigenvalue weighted by molar-refractivity contribution is 0.449. The predicted octanol–water partition coefficient (Wildman–Crippen LogP) is 1.81. The molecule has 0 spiro atoms. The second-order valence-corrected chi connectivity index (χ2v) is 3.85. The van der Waals surface area contributed by atoms with E-state index in [9.17, 15) is 4.79 Å². The van der Waals surface area contributed by atoms with E-state index in [1.807, 2.05) is 0 Å². The summed E-state index contributed by atoms with van der Waals surface area (Å²) in [5.41, 5.74) is 5.74. The van der Waals surface area contributed by atoms with E-state index in [-0.39, 0.29) is 11.4 Å². The summed E-state index contributed by atoms with van der Waals surface area (Å²) in [5.74, 6) is 0.318. The molecule has 17 heavy (non-hydrogen) atoms. The largest absolute Gasteiger partial charge is 0.433 e. The van der Waals surface area contributed by atoms with Gasteiger partial charge in [-0.25, -0.2) is 4.98 Å². The van der Waals surface area contributed by atoms with Crippen LogP contribution in [0.25, 0.3) is 0 Å². The predicted molar refractivity (Wildman–Crippen MR) is 65.4 cm³/mol. The van der Waals surface area contributed by atoms with Gasteiger partial charge in [0.05, 0.1) is 5.02 Å². The Balaban J connectivity index is 2.38. The van der Waals surface area contributed by atoms with Crippen LogP contribution in [0.15, 0.2) is 35.4 Å². The van der Waals surface area contributed by atoms with Crippen molar-refractivity contribution in [3.8, 4) is 11.6 Å². The zero-order valence-corrected chi connectivity index (χ0v) is 9.81. The summed E-state index contributed by atoms with van der Waals surface area (Å²) in [4.78, 5) is 15.5. The number of nitrogens with two attached hydrogens (primary N) is 1. The lowest BCUT2D eigenvalue weighted by Crippen LogP contribution is -2.18. The number of hydrogen-bond donors (Lipinski definition) is 1. The van der Waals surface area contributed by atoms with E-state index in [0.717, 1.165) is 0 Å². The molecule has 2 rings (SSSR count). The maximum absolute atomic E-state index is 11.7. The van der Waals surface area contributed by atoms with E-state index in [1.165, 1.54) is 10.8 Å². The van der Waals surface area contributed by atoms with Crippen molar-refractivity contribution < 1.29 is 4.74 Å². The summed E-state index contributed by atoms with van der Waals surface area (Å²) in [6.07, 6.45) is 3.02. The van der Waals surface area contributed by atoms with Gasteiger partial charge in [0.1, 0.15) is 5.75 Å². The van der Waals surface area contributed by atoms with Crippen LogP contribution in [0.5, 0.6) is 11.6 Å². The Morgan fingerprint density at radius 3 is 2.94 bits per heavy atom. The Morgan fingerprint density at radius 1 is 1.47 bits per heavy atom. The first-order valence-electron chi connectivity index (χ1n) is 4.82. The highest BCUT2D eigenvalue weighted by Crippen LogP contribution is 2.28. The molecule has 1 aromatic carbocycles. The minimum atomic E-state index is -0.333. The first-order valence-corrected chi connectivity index (χ1v) is 5.20. The van der Waals surface area contributed by atoms with Crippen LogP contribution < -0.4 is 16.0 Å². The quantitative estimate of drug-likeness (QED) is 0.827. The number of anilines is 1. The molecule has 0 saturated carbocycles. The normalized spacial score (nSPS) is 10.2. The van der Waals surface area contributed by atoms with Crippen molar-refractivity contribution in [2.75, 3.05) is 5.73 Å². The smallest absolute Gasteiger partial charge is 0.313 e. The van der Waals surface area contributed by atoms with Crippen molar-refractivity contribution in [3.05, 3.63) is 46.0 Å². The molecular weight excluding hydrogens is 242 g/mol. The van der Waals surface area contributed by atoms with Crippen molar-refractivity contribution in [2.24, 2.45) is 7.05 Å². The molecule has 2 aromatic rings. The SMILES string of the molecule is Cn1ccnc(Oc2ccc(N)cc2Cl)c1=O. The van der Waals surface area contributed by atoms with E-state index in [2.05, 4.69) is 4.98 Å². The maximum Gasteiger partial charge on any atom is 0.313 e. The Morgan fingerprint density at radius 2 is 2.24 bits per heavy atom. The average Bonchev–Trinajstić information content (AvgIpc) is 2.28. The van der Waals surface area contributed by atoms with Gasteiger partial charge in [0, 0.05) is 25.1 Å². The van der Waals surface area contributed by atoms with E-state index < -0.39 is 0 Å². The molecule has 2 N–H and O–H groups in total. The van der Waals surface area contributed by atoms with E-state index in [4.69, 9.17) is 22.1 Å². The molecule has 0 aliphatic heterocycles. The third-order valence-corrected chi connectivity index (χ3v) is 2.44. The Bertz CT molecular complexity index is 610. The van der Waals surface area contributed by atoms with Crippen LogP contribution in [0.1, 0.15) is 0 Å². The zero-order chi connectivity index (χ0) is 12.4. The topological polar surface area (TPSA) is 70.1 Å². The maximum atomic E-state index is 11.7. The molecular formula is C11H10ClN3O2. The molecule has 88 valence electrons. The van der Waals surface area contributed by atoms with Gasteiger partial charge in [-0.15, -0.1) is 0 Å². The third-order valence-electron chi connectivity index (χ3n) is 2.15. The number of hydrogen-bond acceptors (Lipinski definition) is 4. The van der Waals surface area contributed by atoms with Crippen molar-refractivity contribution >= 4 is 17.3 Å². The number of rotatable bonds is 2. The molecule has 0 atom stereocenters. The van der Waals surface area contributed by atoms with Crippen molar-refractivity contribution in [1.29, 1.82) is 0 Å². The highest BCUT2D eigenvalue weighted by Gasteiger charge is 2.08. The average molecular weight is 252 g/mol. The number of nitrogens with zero attached hydrogens (tertiary/aromatic N) is 2. The van der Waals surface area contributed by atoms with E-state index in [0.29, 0.717) is 16.5 Å². The van der Waals surface area contributed by atoms with Crippen LogP contribution in [-0.2, 0) is 7.05 Å². The molecule has 0 amide bonds. The fourth-order valence-electron chi connectivity index (χ4n) is 1.25. The molecule has 1 aromatic heterocycles. The molecule has 6 heteroatoms. The number of aromatic nitrogens is 2. The highest BCUT2D eigenvalue weighted by atomic mass is 35.5. The van der Waals surface area contributed by atoms with Gasteiger partial charge >= 0.3 is 5.56 Å². The summed E-state index contributed by atoms with van der Waals surface area (Å²) < 4.78 is 6.71. The summed E-state index contributed by atoms with van der Waals surface area (Å²) >= 11 is 5.93. The Labute approximate surface area is 102 Å². The second kappa shape index (κ2) is 4.47. The van der Waals surface area contributed by atoms with Gasteiger partial charge in [-0.2, -0.15) is 0 Å². The number of aryl methyl sites for hydroxylation is 1. The number of halogens is 1. The van der Waals surface area contributed by atoms with E-state index in [1.54, 1.807) is 31.4 Å². The number of nitrogen functional groups attached to an aromatic ring is 1. The summed E-state index contributed by atoms with van der Waals surface area (Å²) in [5, 5.41) is 0.331. The van der Waals surface area contributed by atoms with Crippen LogP contribution in [-0.4, -0.2) is 9.55 Å². The molecule has 1 heterocycles. The van der Waals surface area contributed by atoms with Crippen LogP contribution in [0.3, 0.4) is 0 Å². The molecule has 0 unspecified atom stereocenters. The molecule has 5 nitrogen and oxygen atoms in total. The molecule has 0 fully saturated rings. The van der Waals surface area contributed by atoms with Crippen molar-refractivity contribution in [1.82, 2.24) is 9.55 Å². The molecule has 0 radical (unpaired) electrons. The van der Waals surface area contributed by atoms with Gasteiger partial charge in [0.2, 0.25) is 0 Å². The third kappa shape index (κ3) is 2.39. The van der Waals surface area contributed by atoms with E-state index >= 15 is 0 Å². The second-order valence-electron chi connectivity index (χ2n) is 3.44. The van der Waals surface area contributed by atoms with Gasteiger partial charge < -0.3 is 15.0 Å². The minimum Gasteiger partial charge on any atom is -0.433 e. The van der Waals surface area contributed by atoms with Gasteiger partial charge in [0.15, 0.2) is 0 Å². The van der Waals surface area contributed by atoms with Crippen LogP contribution in [0.4, 0.5) is 5.69 Å². The molecule has 0 saturated heterocycles. The lowest BCUT2D eigenvalue weighted by atomic mass is 10.3. The standard InChI is InChI=1S/C11H10ClN3O2/c1-15-5-4-14-10(11(15)16)17-9-3-2-7(13)6-8(9)12/h2-6H,13H2,1H3. The summed E-state index contributed by atoms with van der Waals surface area (Å²) in [6, 6.07) is 4.77. The summed E-state index contributed by atoms with van der Waals surface area (Å²) in [7, 11) is 1.61. The van der Waals surface area contributed by atoms with Crippen LogP contribution in [0.2, 0.25) is 5.02 Å². The lowest BCUT2D eigenvalue weighted by Gasteiger charge is -2.07. The van der Waals surface area contributed by atoms with Crippen molar-refractivity contribution in [2.45, 2.75) is 0 Å². The fraction of sp³-hybridized carbons (Fsp3) is 0.0909. The monoisotopic (exact) mass is 251 g/mol. The molecule has 0 aliphatic carbocycles. The minimum absolute atomic E-state index is 0.0262. The first-order chi connectivity index (χ1) is 8.08. The Kier molecular flexibility index (Phi) is 3.01. The highest BCUT2D eigenvalue weighted by molar-refractivity contribution is 6.32. The van der Waals surface area contributed by atoms with Gasteiger partial charge in [-0.3, -0.25) is 4.79 Å². The van der Waals surface area contributed by atoms with Crippen LogP contribution in [0, 0.1) is 0 Å². The molecule has 0 aliphatic rings. The van der Waals surface area contributed by atoms with Gasteiger partial charge in [0.25, 0.3) is 5.88 Å². The number of benzene rings is 1. The van der Waals surface area contributed by atoms with Gasteiger partial charge in [-0.1, -0.05) is 11.6 Å². The molecule has 0 bridgehead atoms. The Hall–Kier alpha value is -2.01. The zero-order valence-electron chi connectivity index (χ0n) is 9.05. The van der Waals surface area contributed by atoms with Crippen LogP contribution >= 0.6 is 11.6 Å². The fourth-order valence-corrected chi connectivity index (χ4v) is 1.48. The number of ether oxygens (including phenoxy) is 1. The summed E-state index contributed by atoms with van der Waals surface area (Å²) in [6.45, 7) is 0. The van der Waals surface area contributed by atoms with Gasteiger partial charge in [-0.05, 0) is 18.2 Å². The van der Waals surface area contributed by atoms with Crippen molar-refractivity contribution in [3.63, 3.8) is 0 Å². The first kappa shape index (κ1) is 11.5.